The van der Waals surface area contributed by atoms with E-state index in [2.05, 4.69) is 65.6 Å². The first-order valence-electron chi connectivity index (χ1n) is 15.5. The number of carbonyl (C=O) groups excluding carboxylic acids is 2. The van der Waals surface area contributed by atoms with Gasteiger partial charge in [0.1, 0.15) is 6.10 Å². The Kier molecular flexibility index (Phi) is 9.44. The van der Waals surface area contributed by atoms with Gasteiger partial charge in [-0.05, 0) is 54.9 Å². The molecule has 0 bridgehead atoms. The molecule has 2 heterocycles. The number of aliphatic hydroxyl groups excluding tert-OH is 1. The Bertz CT molecular complexity index is 1790. The van der Waals surface area contributed by atoms with E-state index in [4.69, 9.17) is 4.74 Å². The highest BCUT2D eigenvalue weighted by molar-refractivity contribution is 7.20. The zero-order valence-electron chi connectivity index (χ0n) is 26.2. The van der Waals surface area contributed by atoms with Crippen LogP contribution >= 0.6 is 11.3 Å². The van der Waals surface area contributed by atoms with Crippen LogP contribution in [-0.2, 0) is 6.54 Å². The average molecular weight is 635 g/mol. The number of aromatic nitrogens is 1. The Balaban J connectivity index is 1.26. The molecule has 0 aliphatic carbocycles. The van der Waals surface area contributed by atoms with E-state index < -0.39 is 0 Å². The van der Waals surface area contributed by atoms with Crippen molar-refractivity contribution in [2.45, 2.75) is 32.5 Å². The quantitative estimate of drug-likeness (QED) is 0.191. The van der Waals surface area contributed by atoms with Crippen LogP contribution in [0.1, 0.15) is 39.6 Å². The largest absolute Gasteiger partial charge is 0.486 e. The van der Waals surface area contributed by atoms with Crippen LogP contribution in [0.15, 0.2) is 97.1 Å². The number of rotatable bonds is 9. The van der Waals surface area contributed by atoms with Gasteiger partial charge in [0.05, 0.1) is 34.1 Å². The first-order valence-corrected chi connectivity index (χ1v) is 16.3. The normalized spacial score (nSPS) is 17.2. The Morgan fingerprint density at radius 1 is 1.02 bits per heavy atom. The van der Waals surface area contributed by atoms with E-state index in [1.165, 1.54) is 28.0 Å². The minimum Gasteiger partial charge on any atom is -0.486 e. The van der Waals surface area contributed by atoms with Gasteiger partial charge in [-0.1, -0.05) is 79.7 Å². The number of ether oxygens (including phenoxy) is 1. The van der Waals surface area contributed by atoms with Gasteiger partial charge < -0.3 is 20.1 Å². The molecular formula is C37H38N4O4S. The second kappa shape index (κ2) is 13.8. The van der Waals surface area contributed by atoms with Crippen molar-refractivity contribution in [2.75, 3.05) is 32.1 Å². The standard InChI is InChI=1S/C37H38N4O4S/c1-24-20-41(25(2)23-42)37(44)29-12-9-14-31(38-35(43)36-39-30-13-7-8-15-33(30)46-36)34(29)45-32(24)22-40(3)21-26-16-18-28(19-17-26)27-10-5-4-6-11-27/h4-19,24-25,32,42H,20-23H2,1-3H3,(H,38,43)/t24-,25-,32-/m0/s1. The number of benzene rings is 4. The third-order valence-corrected chi connectivity index (χ3v) is 9.47. The lowest BCUT2D eigenvalue weighted by Crippen LogP contribution is -2.49. The molecule has 0 spiro atoms. The number of nitrogens with one attached hydrogen (secondary N) is 1. The number of carbonyl (C=O) groups is 2. The van der Waals surface area contributed by atoms with Gasteiger partial charge in [0.25, 0.3) is 11.8 Å². The highest BCUT2D eigenvalue weighted by atomic mass is 32.1. The summed E-state index contributed by atoms with van der Waals surface area (Å²) in [6.45, 7) is 5.45. The fraction of sp³-hybridized carbons (Fsp3) is 0.270. The fourth-order valence-electron chi connectivity index (χ4n) is 5.82. The van der Waals surface area contributed by atoms with E-state index in [-0.39, 0.29) is 36.5 Å². The Hall–Kier alpha value is -4.57. The lowest BCUT2D eigenvalue weighted by molar-refractivity contribution is 0.0343. The van der Waals surface area contributed by atoms with Crippen molar-refractivity contribution in [2.24, 2.45) is 5.92 Å². The molecule has 5 aromatic rings. The summed E-state index contributed by atoms with van der Waals surface area (Å²) in [6, 6.07) is 31.3. The maximum Gasteiger partial charge on any atom is 0.284 e. The molecule has 0 fully saturated rings. The summed E-state index contributed by atoms with van der Waals surface area (Å²) in [5, 5.41) is 13.3. The van der Waals surface area contributed by atoms with Crippen LogP contribution in [0.2, 0.25) is 0 Å². The molecule has 9 heteroatoms. The molecule has 0 saturated heterocycles. The minimum atomic E-state index is -0.386. The Labute approximate surface area is 273 Å². The van der Waals surface area contributed by atoms with Crippen LogP contribution in [0.5, 0.6) is 5.75 Å². The van der Waals surface area contributed by atoms with Crippen LogP contribution in [0.4, 0.5) is 5.69 Å². The lowest BCUT2D eigenvalue weighted by atomic mass is 9.98. The number of aliphatic hydroxyl groups is 1. The molecule has 6 rings (SSSR count). The Morgan fingerprint density at radius 2 is 1.74 bits per heavy atom. The van der Waals surface area contributed by atoms with Crippen molar-refractivity contribution < 1.29 is 19.4 Å². The molecule has 1 aromatic heterocycles. The predicted octanol–water partition coefficient (Wildman–Crippen LogP) is 6.57. The van der Waals surface area contributed by atoms with Crippen molar-refractivity contribution in [1.82, 2.24) is 14.8 Å². The van der Waals surface area contributed by atoms with E-state index in [0.717, 1.165) is 10.2 Å². The SMILES string of the molecule is C[C@H]1CN([C@@H](C)CO)C(=O)c2cccc(NC(=O)c3nc4ccccc4s3)c2O[C@H]1CN(C)Cc1ccc(-c2ccccc2)cc1. The Morgan fingerprint density at radius 3 is 2.48 bits per heavy atom. The van der Waals surface area contributed by atoms with Crippen LogP contribution < -0.4 is 10.1 Å². The van der Waals surface area contributed by atoms with E-state index >= 15 is 0 Å². The molecule has 236 valence electrons. The van der Waals surface area contributed by atoms with Gasteiger partial charge in [0, 0.05) is 25.6 Å². The van der Waals surface area contributed by atoms with Crippen molar-refractivity contribution in [3.63, 3.8) is 0 Å². The van der Waals surface area contributed by atoms with E-state index in [0.29, 0.717) is 41.6 Å². The van der Waals surface area contributed by atoms with Gasteiger partial charge >= 0.3 is 0 Å². The molecule has 8 nitrogen and oxygen atoms in total. The first kappa shape index (κ1) is 31.4. The van der Waals surface area contributed by atoms with Crippen LogP contribution in [0, 0.1) is 5.92 Å². The average Bonchev–Trinajstić information content (AvgIpc) is 3.52. The molecule has 2 N–H and O–H groups in total. The minimum absolute atomic E-state index is 0.0676. The molecule has 0 saturated carbocycles. The van der Waals surface area contributed by atoms with Gasteiger partial charge in [0.15, 0.2) is 10.8 Å². The zero-order chi connectivity index (χ0) is 32.2. The topological polar surface area (TPSA) is 95.0 Å². The summed E-state index contributed by atoms with van der Waals surface area (Å²) in [5.41, 5.74) is 5.04. The third kappa shape index (κ3) is 6.82. The number of likely N-dealkylation sites (N-methyl/N-ethyl adjacent to an activating group) is 1. The van der Waals surface area contributed by atoms with Crippen LogP contribution in [0.3, 0.4) is 0 Å². The summed E-state index contributed by atoms with van der Waals surface area (Å²) < 4.78 is 7.63. The summed E-state index contributed by atoms with van der Waals surface area (Å²) in [5.74, 6) is -0.352. The van der Waals surface area contributed by atoms with Crippen LogP contribution in [0.25, 0.3) is 21.3 Å². The van der Waals surface area contributed by atoms with Gasteiger partial charge in [0.2, 0.25) is 0 Å². The number of amides is 2. The predicted molar refractivity (Wildman–Crippen MR) is 183 cm³/mol. The number of para-hydroxylation sites is 2. The molecular weight excluding hydrogens is 596 g/mol. The van der Waals surface area contributed by atoms with Crippen molar-refractivity contribution >= 4 is 39.1 Å². The molecule has 1 aliphatic heterocycles. The number of hydrogen-bond acceptors (Lipinski definition) is 7. The molecule has 0 radical (unpaired) electrons. The van der Waals surface area contributed by atoms with Crippen LogP contribution in [-0.4, -0.2) is 70.6 Å². The third-order valence-electron chi connectivity index (χ3n) is 8.43. The number of fused-ring (bicyclic) bond motifs is 2. The summed E-state index contributed by atoms with van der Waals surface area (Å²) in [7, 11) is 2.06. The fourth-order valence-corrected chi connectivity index (χ4v) is 6.68. The summed E-state index contributed by atoms with van der Waals surface area (Å²) in [4.78, 5) is 35.7. The van der Waals surface area contributed by atoms with E-state index in [9.17, 15) is 14.7 Å². The van der Waals surface area contributed by atoms with E-state index in [1.807, 2.05) is 49.4 Å². The van der Waals surface area contributed by atoms with E-state index in [1.54, 1.807) is 23.1 Å². The van der Waals surface area contributed by atoms with Gasteiger partial charge in [-0.3, -0.25) is 14.5 Å². The molecule has 4 aromatic carbocycles. The van der Waals surface area contributed by atoms with Crippen molar-refractivity contribution in [3.05, 3.63) is 113 Å². The highest BCUT2D eigenvalue weighted by Crippen LogP contribution is 2.36. The second-order valence-electron chi connectivity index (χ2n) is 12.0. The maximum absolute atomic E-state index is 13.9. The van der Waals surface area contributed by atoms with Gasteiger partial charge in [-0.25, -0.2) is 4.98 Å². The maximum atomic E-state index is 13.9. The smallest absolute Gasteiger partial charge is 0.284 e. The first-order chi connectivity index (χ1) is 22.3. The molecule has 46 heavy (non-hydrogen) atoms. The number of hydrogen-bond donors (Lipinski definition) is 2. The summed E-state index contributed by atoms with van der Waals surface area (Å²) in [6.07, 6.45) is -0.311. The second-order valence-corrected chi connectivity index (χ2v) is 13.0. The molecule has 1 aliphatic rings. The van der Waals surface area contributed by atoms with Crippen molar-refractivity contribution in [1.29, 1.82) is 0 Å². The molecule has 3 atom stereocenters. The lowest BCUT2D eigenvalue weighted by Gasteiger charge is -2.38. The summed E-state index contributed by atoms with van der Waals surface area (Å²) >= 11 is 1.31. The monoisotopic (exact) mass is 634 g/mol. The van der Waals surface area contributed by atoms with Gasteiger partial charge in [-0.15, -0.1) is 11.3 Å². The molecule has 0 unspecified atom stereocenters. The number of thiazole rings is 1. The van der Waals surface area contributed by atoms with Gasteiger partial charge in [-0.2, -0.15) is 0 Å². The molecule has 2 amide bonds. The zero-order valence-corrected chi connectivity index (χ0v) is 27.0. The number of nitrogens with zero attached hydrogens (tertiary/aromatic N) is 3. The highest BCUT2D eigenvalue weighted by Gasteiger charge is 2.34. The number of anilines is 1. The van der Waals surface area contributed by atoms with Crippen molar-refractivity contribution in [3.8, 4) is 16.9 Å².